The predicted molar refractivity (Wildman–Crippen MR) is 212 cm³/mol. The molecule has 3 N–H and O–H groups in total. The van der Waals surface area contributed by atoms with Crippen molar-refractivity contribution >= 4 is 13.7 Å². The molecule has 0 heterocycles. The Morgan fingerprint density at radius 1 is 0.680 bits per heavy atom. The lowest BCUT2D eigenvalue weighted by Gasteiger charge is -2.25. The molecular weight excluding hydrogens is 647 g/mol. The third-order valence-electron chi connectivity index (χ3n) is 8.54. The molecule has 0 radical (unpaired) electrons. The van der Waals surface area contributed by atoms with Crippen molar-refractivity contribution in [1.29, 1.82) is 0 Å². The molecule has 50 heavy (non-hydrogen) atoms. The summed E-state index contributed by atoms with van der Waals surface area (Å²) in [5.74, 6) is -0.197. The molecule has 0 spiro atoms. The highest BCUT2D eigenvalue weighted by Gasteiger charge is 2.27. The number of phosphoric acid groups is 1. The molecule has 8 nitrogen and oxygen atoms in total. The zero-order valence-electron chi connectivity index (χ0n) is 32.9. The van der Waals surface area contributed by atoms with Crippen LogP contribution in [0.2, 0.25) is 0 Å². The van der Waals surface area contributed by atoms with E-state index in [1.807, 2.05) is 27.2 Å². The summed E-state index contributed by atoms with van der Waals surface area (Å²) < 4.78 is 23.4. The van der Waals surface area contributed by atoms with Gasteiger partial charge in [-0.15, -0.1) is 0 Å². The van der Waals surface area contributed by atoms with Crippen molar-refractivity contribution in [3.05, 3.63) is 48.6 Å². The molecule has 292 valence electrons. The minimum absolute atomic E-state index is 0.0563. The third kappa shape index (κ3) is 34.9. The highest BCUT2D eigenvalue weighted by Crippen LogP contribution is 2.43. The molecule has 3 atom stereocenters. The minimum atomic E-state index is -4.33. The number of hydrogen-bond donors (Lipinski definition) is 3. The summed E-state index contributed by atoms with van der Waals surface area (Å²) in [6.07, 6.45) is 40.5. The molecule has 1 amide bonds. The molecule has 0 aromatic rings. The number of phosphoric ester groups is 1. The Morgan fingerprint density at radius 3 is 1.66 bits per heavy atom. The number of aliphatic hydroxyl groups is 1. The summed E-state index contributed by atoms with van der Waals surface area (Å²) in [5.41, 5.74) is 0. The Hall–Kier alpha value is -1.54. The van der Waals surface area contributed by atoms with Gasteiger partial charge in [0, 0.05) is 6.42 Å². The number of unbranched alkanes of at least 4 members (excludes halogenated alkanes) is 16. The topological polar surface area (TPSA) is 105 Å². The Kier molecular flexibility index (Phi) is 32.3. The summed E-state index contributed by atoms with van der Waals surface area (Å²) >= 11 is 0. The molecule has 0 saturated heterocycles. The van der Waals surface area contributed by atoms with Gasteiger partial charge in [0.1, 0.15) is 13.2 Å². The smallest absolute Gasteiger partial charge is 0.387 e. The zero-order chi connectivity index (χ0) is 37.2. The molecule has 0 aliphatic heterocycles. The van der Waals surface area contributed by atoms with Crippen LogP contribution < -0.4 is 5.32 Å². The monoisotopic (exact) mass is 726 g/mol. The number of rotatable bonds is 35. The molecule has 0 aromatic carbocycles. The SMILES string of the molecule is CCCCCCC/C=C\C/C=C\C/C=C\CCCCCCCCC(=O)NC(COP(=O)(O)OCC[N+](C)(C)C)C(O)/C=C/CCCCCCC. The van der Waals surface area contributed by atoms with E-state index in [1.54, 1.807) is 6.08 Å². The lowest BCUT2D eigenvalue weighted by Crippen LogP contribution is -2.45. The van der Waals surface area contributed by atoms with Crippen LogP contribution in [0.1, 0.15) is 155 Å². The minimum Gasteiger partial charge on any atom is -0.387 e. The van der Waals surface area contributed by atoms with Crippen LogP contribution in [-0.2, 0) is 18.4 Å². The third-order valence-corrected chi connectivity index (χ3v) is 9.53. The van der Waals surface area contributed by atoms with Crippen molar-refractivity contribution < 1.29 is 32.9 Å². The maximum atomic E-state index is 12.8. The van der Waals surface area contributed by atoms with E-state index in [2.05, 4.69) is 55.6 Å². The van der Waals surface area contributed by atoms with Gasteiger partial charge in [0.05, 0.1) is 39.9 Å². The van der Waals surface area contributed by atoms with Crippen LogP contribution in [0.3, 0.4) is 0 Å². The van der Waals surface area contributed by atoms with Gasteiger partial charge < -0.3 is 19.8 Å². The van der Waals surface area contributed by atoms with E-state index in [0.29, 0.717) is 17.4 Å². The van der Waals surface area contributed by atoms with Gasteiger partial charge in [-0.1, -0.05) is 140 Å². The van der Waals surface area contributed by atoms with Crippen molar-refractivity contribution in [2.75, 3.05) is 40.9 Å². The average molecular weight is 726 g/mol. The molecule has 0 aliphatic rings. The number of carbonyl (C=O) groups excluding carboxylic acids is 1. The maximum absolute atomic E-state index is 12.8. The summed E-state index contributed by atoms with van der Waals surface area (Å²) in [4.78, 5) is 22.9. The number of likely N-dealkylation sites (N-methyl/N-ethyl adjacent to an activating group) is 1. The predicted octanol–water partition coefficient (Wildman–Crippen LogP) is 10.5. The molecule has 0 saturated carbocycles. The fourth-order valence-electron chi connectivity index (χ4n) is 5.28. The molecule has 0 aromatic heterocycles. The first-order valence-corrected chi connectivity index (χ1v) is 21.5. The van der Waals surface area contributed by atoms with Crippen molar-refractivity contribution in [3.8, 4) is 0 Å². The molecule has 0 aliphatic carbocycles. The first-order valence-electron chi connectivity index (χ1n) is 20.0. The summed E-state index contributed by atoms with van der Waals surface area (Å²) in [7, 11) is 1.55. The number of carbonyl (C=O) groups is 1. The molecule has 0 bridgehead atoms. The van der Waals surface area contributed by atoms with Crippen LogP contribution in [-0.4, -0.2) is 73.4 Å². The Bertz CT molecular complexity index is 959. The van der Waals surface area contributed by atoms with Gasteiger partial charge in [-0.3, -0.25) is 13.8 Å². The van der Waals surface area contributed by atoms with Gasteiger partial charge in [0.15, 0.2) is 0 Å². The van der Waals surface area contributed by atoms with Crippen LogP contribution in [0.4, 0.5) is 0 Å². The number of amides is 1. The lowest BCUT2D eigenvalue weighted by atomic mass is 10.1. The standard InChI is InChI=1S/C41H77N2O6P/c1-6-8-10-12-14-15-16-17-18-19-20-21-22-23-24-25-26-27-29-31-33-35-41(45)42-39(40(44)34-32-30-28-13-11-9-7-2)38-49-50(46,47)48-37-36-43(3,4)5/h16-17,19-20,22-23,32,34,39-40,44H,6-15,18,21,24-31,33,35-38H2,1-5H3,(H-,42,45,46,47)/p+1/b17-16-,20-19-,23-22-,34-32+. The molecule has 0 fully saturated rings. The van der Waals surface area contributed by atoms with E-state index in [4.69, 9.17) is 9.05 Å². The lowest BCUT2D eigenvalue weighted by molar-refractivity contribution is -0.870. The largest absolute Gasteiger partial charge is 0.472 e. The Morgan fingerprint density at radius 2 is 1.14 bits per heavy atom. The van der Waals surface area contributed by atoms with Crippen molar-refractivity contribution in [1.82, 2.24) is 5.32 Å². The normalized spacial score (nSPS) is 15.1. The van der Waals surface area contributed by atoms with Crippen LogP contribution in [0, 0.1) is 0 Å². The number of aliphatic hydroxyl groups excluding tert-OH is 1. The van der Waals surface area contributed by atoms with E-state index in [-0.39, 0.29) is 19.1 Å². The second kappa shape index (κ2) is 33.3. The van der Waals surface area contributed by atoms with Crippen molar-refractivity contribution in [2.45, 2.75) is 167 Å². The number of allylic oxidation sites excluding steroid dienone is 7. The maximum Gasteiger partial charge on any atom is 0.472 e. The second-order valence-corrected chi connectivity index (χ2v) is 16.1. The van der Waals surface area contributed by atoms with Gasteiger partial charge in [-0.25, -0.2) is 4.57 Å². The Balaban J connectivity index is 4.32. The summed E-state index contributed by atoms with van der Waals surface area (Å²) in [5, 5.41) is 13.6. The highest BCUT2D eigenvalue weighted by molar-refractivity contribution is 7.47. The zero-order valence-corrected chi connectivity index (χ0v) is 33.8. The highest BCUT2D eigenvalue weighted by atomic mass is 31.2. The van der Waals surface area contributed by atoms with Crippen LogP contribution in [0.25, 0.3) is 0 Å². The van der Waals surface area contributed by atoms with Crippen LogP contribution >= 0.6 is 7.82 Å². The van der Waals surface area contributed by atoms with Crippen molar-refractivity contribution in [2.24, 2.45) is 0 Å². The van der Waals surface area contributed by atoms with Crippen molar-refractivity contribution in [3.63, 3.8) is 0 Å². The first kappa shape index (κ1) is 48.5. The molecular formula is C41H78N2O6P+. The van der Waals surface area contributed by atoms with E-state index in [0.717, 1.165) is 64.2 Å². The van der Waals surface area contributed by atoms with Gasteiger partial charge in [-0.2, -0.15) is 0 Å². The summed E-state index contributed by atoms with van der Waals surface area (Å²) in [6.45, 7) is 4.70. The average Bonchev–Trinajstić information content (AvgIpc) is 3.06. The van der Waals surface area contributed by atoms with Gasteiger partial charge >= 0.3 is 7.82 Å². The number of nitrogens with one attached hydrogen (secondary N) is 1. The van der Waals surface area contributed by atoms with Gasteiger partial charge in [0.25, 0.3) is 0 Å². The van der Waals surface area contributed by atoms with Crippen LogP contribution in [0.15, 0.2) is 48.6 Å². The number of quaternary nitrogens is 1. The fourth-order valence-corrected chi connectivity index (χ4v) is 6.02. The van der Waals surface area contributed by atoms with E-state index in [9.17, 15) is 19.4 Å². The first-order chi connectivity index (χ1) is 24.0. The second-order valence-electron chi connectivity index (χ2n) is 14.7. The van der Waals surface area contributed by atoms with E-state index < -0.39 is 20.0 Å². The van der Waals surface area contributed by atoms with E-state index >= 15 is 0 Å². The molecule has 9 heteroatoms. The number of hydrogen-bond acceptors (Lipinski definition) is 5. The van der Waals surface area contributed by atoms with E-state index in [1.165, 1.54) is 70.6 Å². The fraction of sp³-hybridized carbons (Fsp3) is 0.780. The Labute approximate surface area is 308 Å². The van der Waals surface area contributed by atoms with Gasteiger partial charge in [-0.05, 0) is 57.8 Å². The number of nitrogens with zero attached hydrogens (tertiary/aromatic N) is 1. The van der Waals surface area contributed by atoms with Gasteiger partial charge in [0.2, 0.25) is 5.91 Å². The summed E-state index contributed by atoms with van der Waals surface area (Å²) in [6, 6.07) is -0.850. The molecule has 3 unspecified atom stereocenters. The molecule has 0 rings (SSSR count). The quantitative estimate of drug-likeness (QED) is 0.0260. The van der Waals surface area contributed by atoms with Crippen LogP contribution in [0.5, 0.6) is 0 Å².